The van der Waals surface area contributed by atoms with Crippen LogP contribution < -0.4 is 0 Å². The summed E-state index contributed by atoms with van der Waals surface area (Å²) in [5.74, 6) is 0.578. The highest BCUT2D eigenvalue weighted by atomic mass is 32.2. The Hall–Kier alpha value is -1.00. The van der Waals surface area contributed by atoms with Crippen molar-refractivity contribution in [2.75, 3.05) is 18.8 Å². The first-order valence-corrected chi connectivity index (χ1v) is 7.20. The minimum Gasteiger partial charge on any atom is -0.391 e. The maximum atomic E-state index is 12.0. The lowest BCUT2D eigenvalue weighted by atomic mass is 10.2. The lowest BCUT2D eigenvalue weighted by Gasteiger charge is -2.15. The van der Waals surface area contributed by atoms with E-state index < -0.39 is 0 Å². The highest BCUT2D eigenvalue weighted by Gasteiger charge is 2.24. The fourth-order valence-corrected chi connectivity index (χ4v) is 3.09. The van der Waals surface area contributed by atoms with Gasteiger partial charge in [-0.2, -0.15) is 0 Å². The molecule has 1 aliphatic rings. The maximum absolute atomic E-state index is 12.0. The second-order valence-electron chi connectivity index (χ2n) is 4.84. The zero-order chi connectivity index (χ0) is 13.1. The van der Waals surface area contributed by atoms with Gasteiger partial charge in [-0.1, -0.05) is 17.7 Å². The number of hydrogen-bond donors (Lipinski definition) is 1. The second-order valence-corrected chi connectivity index (χ2v) is 5.86. The molecule has 1 saturated heterocycles. The first-order valence-electron chi connectivity index (χ1n) is 6.22. The molecule has 4 heteroatoms. The van der Waals surface area contributed by atoms with Crippen molar-refractivity contribution < 1.29 is 9.90 Å². The van der Waals surface area contributed by atoms with E-state index in [2.05, 4.69) is 32.0 Å². The molecule has 0 saturated carbocycles. The van der Waals surface area contributed by atoms with Crippen molar-refractivity contribution in [2.45, 2.75) is 31.3 Å². The third-order valence-electron chi connectivity index (χ3n) is 3.21. The van der Waals surface area contributed by atoms with Crippen molar-refractivity contribution in [2.24, 2.45) is 0 Å². The van der Waals surface area contributed by atoms with E-state index in [-0.39, 0.29) is 12.0 Å². The zero-order valence-corrected chi connectivity index (χ0v) is 11.7. The Morgan fingerprint density at radius 1 is 1.50 bits per heavy atom. The summed E-state index contributed by atoms with van der Waals surface area (Å²) in [6, 6.07) is 6.28. The van der Waals surface area contributed by atoms with Gasteiger partial charge in [0.05, 0.1) is 11.9 Å². The number of nitrogens with zero attached hydrogens (tertiary/aromatic N) is 1. The van der Waals surface area contributed by atoms with Crippen molar-refractivity contribution >= 4 is 17.7 Å². The fourth-order valence-electron chi connectivity index (χ4n) is 2.06. The molecule has 1 aromatic rings. The topological polar surface area (TPSA) is 40.5 Å². The number of likely N-dealkylation sites (tertiary alicyclic amines) is 1. The van der Waals surface area contributed by atoms with Gasteiger partial charge in [-0.15, -0.1) is 11.8 Å². The molecule has 1 fully saturated rings. The number of β-amino-alcohol motifs (C(OH)–C–C–N with tert-alkyl or cyclic N) is 1. The van der Waals surface area contributed by atoms with E-state index in [0.29, 0.717) is 25.3 Å². The fraction of sp³-hybridized carbons (Fsp3) is 0.500. The number of carbonyl (C=O) groups is 1. The largest absolute Gasteiger partial charge is 0.391 e. The molecule has 1 heterocycles. The Balaban J connectivity index is 1.91. The number of thioether (sulfide) groups is 1. The summed E-state index contributed by atoms with van der Waals surface area (Å²) in [7, 11) is 0. The molecule has 0 aromatic heterocycles. The number of aliphatic hydroxyl groups is 1. The quantitative estimate of drug-likeness (QED) is 0.850. The number of amides is 1. The Morgan fingerprint density at radius 2 is 2.28 bits per heavy atom. The second kappa shape index (κ2) is 5.76. The molecule has 1 amide bonds. The number of aliphatic hydroxyl groups excluding tert-OH is 1. The summed E-state index contributed by atoms with van der Waals surface area (Å²) in [5.41, 5.74) is 2.42. The van der Waals surface area contributed by atoms with E-state index in [1.54, 1.807) is 16.7 Å². The number of benzene rings is 1. The lowest BCUT2D eigenvalue weighted by molar-refractivity contribution is -0.127. The van der Waals surface area contributed by atoms with Gasteiger partial charge in [0.2, 0.25) is 5.91 Å². The molecule has 1 atom stereocenters. The summed E-state index contributed by atoms with van der Waals surface area (Å²) in [6.45, 7) is 5.30. The molecular weight excluding hydrogens is 246 g/mol. The Morgan fingerprint density at radius 3 is 2.94 bits per heavy atom. The third-order valence-corrected chi connectivity index (χ3v) is 4.35. The van der Waals surface area contributed by atoms with E-state index in [1.165, 1.54) is 16.0 Å². The van der Waals surface area contributed by atoms with Gasteiger partial charge in [0.15, 0.2) is 0 Å². The van der Waals surface area contributed by atoms with Crippen molar-refractivity contribution in [1.29, 1.82) is 0 Å². The van der Waals surface area contributed by atoms with E-state index in [0.717, 1.165) is 0 Å². The predicted octanol–water partition coefficient (Wildman–Crippen LogP) is 1.99. The summed E-state index contributed by atoms with van der Waals surface area (Å²) < 4.78 is 0. The molecule has 1 N–H and O–H groups in total. The van der Waals surface area contributed by atoms with Gasteiger partial charge in [-0.3, -0.25) is 4.79 Å². The highest BCUT2D eigenvalue weighted by Crippen LogP contribution is 2.24. The van der Waals surface area contributed by atoms with Gasteiger partial charge in [-0.05, 0) is 31.9 Å². The van der Waals surface area contributed by atoms with Crippen LogP contribution >= 0.6 is 11.8 Å². The predicted molar refractivity (Wildman–Crippen MR) is 73.8 cm³/mol. The van der Waals surface area contributed by atoms with Crippen LogP contribution in [0.15, 0.2) is 23.1 Å². The molecule has 0 radical (unpaired) electrons. The molecule has 18 heavy (non-hydrogen) atoms. The van der Waals surface area contributed by atoms with Crippen LogP contribution in [0, 0.1) is 13.8 Å². The van der Waals surface area contributed by atoms with Crippen molar-refractivity contribution in [3.05, 3.63) is 29.3 Å². The minimum atomic E-state index is -0.334. The van der Waals surface area contributed by atoms with E-state index in [4.69, 9.17) is 0 Å². The smallest absolute Gasteiger partial charge is 0.233 e. The summed E-state index contributed by atoms with van der Waals surface area (Å²) in [6.07, 6.45) is 0.375. The zero-order valence-electron chi connectivity index (χ0n) is 10.8. The Kier molecular flexibility index (Phi) is 4.30. The first-order chi connectivity index (χ1) is 8.56. The van der Waals surface area contributed by atoms with Crippen LogP contribution in [-0.4, -0.2) is 40.9 Å². The molecular formula is C14H19NO2S. The monoisotopic (exact) mass is 265 g/mol. The first kappa shape index (κ1) is 13.4. The normalized spacial score (nSPS) is 19.3. The van der Waals surface area contributed by atoms with Crippen LogP contribution in [0.1, 0.15) is 17.5 Å². The maximum Gasteiger partial charge on any atom is 0.233 e. The van der Waals surface area contributed by atoms with Crippen molar-refractivity contribution in [1.82, 2.24) is 4.90 Å². The molecule has 0 aliphatic carbocycles. The molecule has 0 bridgehead atoms. The SMILES string of the molecule is Cc1ccc(C)c(SCC(=O)N2CC[C@H](O)C2)c1. The molecule has 0 unspecified atom stereocenters. The Labute approximate surface area is 112 Å². The van der Waals surface area contributed by atoms with Crippen LogP contribution in [0.3, 0.4) is 0 Å². The summed E-state index contributed by atoms with van der Waals surface area (Å²) >= 11 is 1.58. The number of aryl methyl sites for hydroxylation is 2. The average Bonchev–Trinajstić information content (AvgIpc) is 2.77. The average molecular weight is 265 g/mol. The van der Waals surface area contributed by atoms with Crippen LogP contribution in [0.5, 0.6) is 0 Å². The van der Waals surface area contributed by atoms with Crippen LogP contribution in [0.25, 0.3) is 0 Å². The molecule has 0 spiro atoms. The van der Waals surface area contributed by atoms with Gasteiger partial charge < -0.3 is 10.0 Å². The van der Waals surface area contributed by atoms with E-state index in [9.17, 15) is 9.90 Å². The number of hydrogen-bond acceptors (Lipinski definition) is 3. The third kappa shape index (κ3) is 3.27. The van der Waals surface area contributed by atoms with Crippen molar-refractivity contribution in [3.8, 4) is 0 Å². The van der Waals surface area contributed by atoms with Crippen LogP contribution in [-0.2, 0) is 4.79 Å². The molecule has 1 aromatic carbocycles. The van der Waals surface area contributed by atoms with Gasteiger partial charge in [0, 0.05) is 18.0 Å². The minimum absolute atomic E-state index is 0.123. The van der Waals surface area contributed by atoms with Crippen LogP contribution in [0.2, 0.25) is 0 Å². The molecule has 98 valence electrons. The number of carbonyl (C=O) groups excluding carboxylic acids is 1. The molecule has 3 nitrogen and oxygen atoms in total. The van der Waals surface area contributed by atoms with Crippen molar-refractivity contribution in [3.63, 3.8) is 0 Å². The van der Waals surface area contributed by atoms with Gasteiger partial charge in [0.1, 0.15) is 0 Å². The standard InChI is InChI=1S/C14H19NO2S/c1-10-3-4-11(2)13(7-10)18-9-14(17)15-6-5-12(16)8-15/h3-4,7,12,16H,5-6,8-9H2,1-2H3/t12-/m0/s1. The molecule has 1 aliphatic heterocycles. The number of rotatable bonds is 3. The van der Waals surface area contributed by atoms with E-state index >= 15 is 0 Å². The van der Waals surface area contributed by atoms with Gasteiger partial charge in [0.25, 0.3) is 0 Å². The summed E-state index contributed by atoms with van der Waals surface area (Å²) in [5, 5.41) is 9.41. The molecule has 2 rings (SSSR count). The van der Waals surface area contributed by atoms with Crippen LogP contribution in [0.4, 0.5) is 0 Å². The Bertz CT molecular complexity index is 447. The van der Waals surface area contributed by atoms with Gasteiger partial charge >= 0.3 is 0 Å². The van der Waals surface area contributed by atoms with Gasteiger partial charge in [-0.25, -0.2) is 0 Å². The van der Waals surface area contributed by atoms with E-state index in [1.807, 2.05) is 0 Å². The summed E-state index contributed by atoms with van der Waals surface area (Å²) in [4.78, 5) is 14.9. The lowest BCUT2D eigenvalue weighted by Crippen LogP contribution is -2.30. The highest BCUT2D eigenvalue weighted by molar-refractivity contribution is 8.00.